The molecular formula is C23H22F3N3O4S. The molecule has 0 atom stereocenters. The predicted octanol–water partition coefficient (Wildman–Crippen LogP) is 5.31. The van der Waals surface area contributed by atoms with E-state index in [1.165, 1.54) is 20.3 Å². The maximum absolute atomic E-state index is 13.5. The Balaban J connectivity index is 1.84. The van der Waals surface area contributed by atoms with E-state index in [1.807, 2.05) is 6.92 Å². The molecule has 1 N–H and O–H groups in total. The van der Waals surface area contributed by atoms with Crippen molar-refractivity contribution in [2.45, 2.75) is 18.3 Å². The first-order valence-corrected chi connectivity index (χ1v) is 11.1. The summed E-state index contributed by atoms with van der Waals surface area (Å²) >= 11 is 0.793. The van der Waals surface area contributed by atoms with Gasteiger partial charge in [-0.15, -0.1) is 0 Å². The Morgan fingerprint density at radius 3 is 2.41 bits per heavy atom. The van der Waals surface area contributed by atoms with Crippen LogP contribution in [0.2, 0.25) is 0 Å². The molecule has 180 valence electrons. The zero-order valence-electron chi connectivity index (χ0n) is 18.6. The van der Waals surface area contributed by atoms with E-state index >= 15 is 0 Å². The summed E-state index contributed by atoms with van der Waals surface area (Å²) in [5.41, 5.74) is -0.238. The second kappa shape index (κ2) is 11.1. The lowest BCUT2D eigenvalue weighted by atomic mass is 10.1. The number of nitrogens with zero attached hydrogens (tertiary/aromatic N) is 2. The molecule has 0 aliphatic heterocycles. The van der Waals surface area contributed by atoms with Crippen molar-refractivity contribution >= 4 is 23.4 Å². The van der Waals surface area contributed by atoms with E-state index in [9.17, 15) is 18.0 Å². The molecule has 0 fully saturated rings. The number of methoxy groups -OCH3 is 2. The van der Waals surface area contributed by atoms with Crippen LogP contribution in [0.4, 0.5) is 18.9 Å². The summed E-state index contributed by atoms with van der Waals surface area (Å²) in [4.78, 5) is 20.3. The van der Waals surface area contributed by atoms with Crippen LogP contribution in [0.5, 0.6) is 17.2 Å². The number of benzene rings is 2. The summed E-state index contributed by atoms with van der Waals surface area (Å²) in [5.74, 6) is 0.622. The fraction of sp³-hybridized carbons (Fsp3) is 0.261. The highest BCUT2D eigenvalue weighted by Gasteiger charge is 2.34. The molecule has 0 saturated carbocycles. The smallest absolute Gasteiger partial charge is 0.433 e. The number of halogens is 3. The van der Waals surface area contributed by atoms with E-state index < -0.39 is 17.8 Å². The number of anilines is 1. The average molecular weight is 494 g/mol. The van der Waals surface area contributed by atoms with Gasteiger partial charge in [0.1, 0.15) is 11.4 Å². The lowest BCUT2D eigenvalue weighted by Crippen LogP contribution is -2.16. The highest BCUT2D eigenvalue weighted by Crippen LogP contribution is 2.35. The van der Waals surface area contributed by atoms with Crippen LogP contribution in [-0.4, -0.2) is 42.5 Å². The Hall–Kier alpha value is -3.47. The van der Waals surface area contributed by atoms with Gasteiger partial charge in [-0.3, -0.25) is 4.79 Å². The van der Waals surface area contributed by atoms with Crippen molar-refractivity contribution < 1.29 is 32.2 Å². The number of aromatic nitrogens is 2. The number of alkyl halides is 3. The molecule has 7 nitrogen and oxygen atoms in total. The van der Waals surface area contributed by atoms with Gasteiger partial charge in [0.15, 0.2) is 16.7 Å². The zero-order valence-corrected chi connectivity index (χ0v) is 19.4. The Kier molecular flexibility index (Phi) is 8.21. The van der Waals surface area contributed by atoms with Gasteiger partial charge >= 0.3 is 6.18 Å². The molecule has 0 saturated heterocycles. The lowest BCUT2D eigenvalue weighted by Gasteiger charge is -2.13. The van der Waals surface area contributed by atoms with Crippen molar-refractivity contribution in [1.82, 2.24) is 9.97 Å². The summed E-state index contributed by atoms with van der Waals surface area (Å²) in [7, 11) is 2.88. The Morgan fingerprint density at radius 2 is 1.74 bits per heavy atom. The molecule has 11 heteroatoms. The number of ether oxygens (including phenoxy) is 3. The molecule has 0 aliphatic carbocycles. The minimum absolute atomic E-state index is 0.0351. The van der Waals surface area contributed by atoms with Gasteiger partial charge in [0.05, 0.1) is 38.0 Å². The van der Waals surface area contributed by atoms with Crippen molar-refractivity contribution in [1.29, 1.82) is 0 Å². The van der Waals surface area contributed by atoms with Crippen LogP contribution in [0.1, 0.15) is 12.6 Å². The second-order valence-electron chi connectivity index (χ2n) is 6.75. The van der Waals surface area contributed by atoms with E-state index in [4.69, 9.17) is 14.2 Å². The first-order chi connectivity index (χ1) is 16.2. The number of nitrogens with one attached hydrogen (secondary N) is 1. The lowest BCUT2D eigenvalue weighted by molar-refractivity contribution is -0.141. The Bertz CT molecular complexity index is 1160. The first kappa shape index (κ1) is 25.2. The maximum atomic E-state index is 13.5. The quantitative estimate of drug-likeness (QED) is 0.320. The van der Waals surface area contributed by atoms with Gasteiger partial charge in [-0.05, 0) is 43.3 Å². The monoisotopic (exact) mass is 493 g/mol. The number of amides is 1. The van der Waals surface area contributed by atoms with E-state index in [1.54, 1.807) is 36.4 Å². The van der Waals surface area contributed by atoms with E-state index in [2.05, 4.69) is 15.3 Å². The Labute approximate surface area is 198 Å². The van der Waals surface area contributed by atoms with Gasteiger partial charge in [-0.2, -0.15) is 13.2 Å². The molecular weight excluding hydrogens is 471 g/mol. The molecule has 3 aromatic rings. The molecule has 0 bridgehead atoms. The molecule has 3 rings (SSSR count). The van der Waals surface area contributed by atoms with E-state index in [0.717, 1.165) is 17.8 Å². The third-order valence-electron chi connectivity index (χ3n) is 4.47. The second-order valence-corrected chi connectivity index (χ2v) is 7.70. The summed E-state index contributed by atoms with van der Waals surface area (Å²) in [6.07, 6.45) is -4.69. The summed E-state index contributed by atoms with van der Waals surface area (Å²) in [6.45, 7) is 2.23. The molecule has 34 heavy (non-hydrogen) atoms. The fourth-order valence-electron chi connectivity index (χ4n) is 2.95. The molecule has 0 spiro atoms. The van der Waals surface area contributed by atoms with Crippen LogP contribution in [0.15, 0.2) is 53.7 Å². The Morgan fingerprint density at radius 1 is 1.00 bits per heavy atom. The van der Waals surface area contributed by atoms with Gasteiger partial charge in [-0.25, -0.2) is 9.97 Å². The van der Waals surface area contributed by atoms with Crippen LogP contribution >= 0.6 is 11.8 Å². The molecule has 1 aromatic heterocycles. The number of carbonyl (C=O) groups is 1. The fourth-order valence-corrected chi connectivity index (χ4v) is 3.60. The maximum Gasteiger partial charge on any atom is 0.433 e. The summed E-state index contributed by atoms with van der Waals surface area (Å²) < 4.78 is 56.3. The summed E-state index contributed by atoms with van der Waals surface area (Å²) in [5, 5.41) is 2.50. The summed E-state index contributed by atoms with van der Waals surface area (Å²) in [6, 6.07) is 12.4. The van der Waals surface area contributed by atoms with Crippen LogP contribution in [0.3, 0.4) is 0 Å². The normalized spacial score (nSPS) is 11.1. The molecule has 1 amide bonds. The van der Waals surface area contributed by atoms with Crippen LogP contribution in [0.25, 0.3) is 11.3 Å². The van der Waals surface area contributed by atoms with Gasteiger partial charge in [0.2, 0.25) is 5.91 Å². The van der Waals surface area contributed by atoms with Gasteiger partial charge in [0.25, 0.3) is 0 Å². The SMILES string of the molecule is CCOc1ccccc1NC(=O)CSc1nc(-c2ccc(OC)c(OC)c2)cc(C(F)(F)F)n1. The van der Waals surface area contributed by atoms with Gasteiger partial charge in [0, 0.05) is 5.56 Å². The van der Waals surface area contributed by atoms with Crippen LogP contribution in [0, 0.1) is 0 Å². The third kappa shape index (κ3) is 6.31. The molecule has 1 heterocycles. The van der Waals surface area contributed by atoms with Crippen LogP contribution < -0.4 is 19.5 Å². The number of carbonyl (C=O) groups excluding carboxylic acids is 1. The highest BCUT2D eigenvalue weighted by molar-refractivity contribution is 7.99. The molecule has 0 unspecified atom stereocenters. The van der Waals surface area contributed by atoms with Gasteiger partial charge < -0.3 is 19.5 Å². The number of thioether (sulfide) groups is 1. The van der Waals surface area contributed by atoms with E-state index in [0.29, 0.717) is 35.1 Å². The molecule has 2 aromatic carbocycles. The minimum atomic E-state index is -4.69. The predicted molar refractivity (Wildman–Crippen MR) is 123 cm³/mol. The van der Waals surface area contributed by atoms with Crippen molar-refractivity contribution in [3.8, 4) is 28.5 Å². The minimum Gasteiger partial charge on any atom is -0.493 e. The van der Waals surface area contributed by atoms with Crippen LogP contribution in [-0.2, 0) is 11.0 Å². The van der Waals surface area contributed by atoms with E-state index in [-0.39, 0.29) is 16.6 Å². The topological polar surface area (TPSA) is 82.6 Å². The van der Waals surface area contributed by atoms with Crippen molar-refractivity contribution in [3.05, 3.63) is 54.2 Å². The highest BCUT2D eigenvalue weighted by atomic mass is 32.2. The number of hydrogen-bond acceptors (Lipinski definition) is 7. The largest absolute Gasteiger partial charge is 0.493 e. The molecule has 0 aliphatic rings. The number of hydrogen-bond donors (Lipinski definition) is 1. The van der Waals surface area contributed by atoms with Gasteiger partial charge in [-0.1, -0.05) is 23.9 Å². The van der Waals surface area contributed by atoms with Crippen molar-refractivity contribution in [2.24, 2.45) is 0 Å². The number of rotatable bonds is 9. The van der Waals surface area contributed by atoms with Crippen molar-refractivity contribution in [3.63, 3.8) is 0 Å². The standard InChI is InChI=1S/C23H22F3N3O4S/c1-4-33-17-8-6-5-7-15(17)27-21(30)13-34-22-28-16(12-20(29-22)23(24,25)26)14-9-10-18(31-2)19(11-14)32-3/h5-12H,4,13H2,1-3H3,(H,27,30). The first-order valence-electron chi connectivity index (χ1n) is 10.1. The number of para-hydroxylation sites is 2. The zero-order chi connectivity index (χ0) is 24.7. The average Bonchev–Trinajstić information content (AvgIpc) is 2.83. The van der Waals surface area contributed by atoms with Crippen molar-refractivity contribution in [2.75, 3.05) is 31.9 Å². The third-order valence-corrected chi connectivity index (χ3v) is 5.32. The molecule has 0 radical (unpaired) electrons.